The first-order valence-electron chi connectivity index (χ1n) is 10.0. The van der Waals surface area contributed by atoms with E-state index in [0.29, 0.717) is 30.3 Å². The van der Waals surface area contributed by atoms with Gasteiger partial charge in [0.05, 0.1) is 29.5 Å². The number of nitrogens with zero attached hydrogens (tertiary/aromatic N) is 5. The molecule has 1 atom stereocenters. The van der Waals surface area contributed by atoms with Crippen LogP contribution in [0.3, 0.4) is 0 Å². The van der Waals surface area contributed by atoms with Crippen molar-refractivity contribution in [2.45, 2.75) is 52.1 Å². The van der Waals surface area contributed by atoms with Gasteiger partial charge in [-0.3, -0.25) is 9.59 Å². The second-order valence-electron chi connectivity index (χ2n) is 7.57. The molecule has 0 radical (unpaired) electrons. The fraction of sp³-hybridized carbons (Fsp3) is 0.550. The molecule has 0 aliphatic carbocycles. The van der Waals surface area contributed by atoms with Crippen LogP contribution in [0, 0.1) is 6.92 Å². The molecule has 29 heavy (non-hydrogen) atoms. The molecule has 4 heterocycles. The van der Waals surface area contributed by atoms with E-state index < -0.39 is 0 Å². The van der Waals surface area contributed by atoms with Crippen LogP contribution < -0.4 is 5.32 Å². The molecule has 2 amide bonds. The Labute approximate surface area is 174 Å². The number of piperidine rings is 1. The van der Waals surface area contributed by atoms with Crippen molar-refractivity contribution in [1.29, 1.82) is 0 Å². The van der Waals surface area contributed by atoms with E-state index in [4.69, 9.17) is 9.97 Å². The maximum absolute atomic E-state index is 13.2. The molecular formula is C20H26N6O2S. The van der Waals surface area contributed by atoms with Gasteiger partial charge in [-0.25, -0.2) is 15.0 Å². The number of nitrogens with one attached hydrogen (secondary N) is 1. The predicted molar refractivity (Wildman–Crippen MR) is 111 cm³/mol. The summed E-state index contributed by atoms with van der Waals surface area (Å²) in [6.45, 7) is 5.32. The number of thiazole rings is 1. The number of amides is 2. The molecule has 2 aliphatic rings. The third-order valence-corrected chi connectivity index (χ3v) is 6.68. The number of carbonyl (C=O) groups is 2. The van der Waals surface area contributed by atoms with E-state index in [1.807, 2.05) is 23.8 Å². The molecular weight excluding hydrogens is 388 g/mol. The highest BCUT2D eigenvalue weighted by molar-refractivity contribution is 7.11. The van der Waals surface area contributed by atoms with Gasteiger partial charge < -0.3 is 15.1 Å². The summed E-state index contributed by atoms with van der Waals surface area (Å²) in [5.41, 5.74) is 4.43. The number of hydrogen-bond acceptors (Lipinski definition) is 7. The van der Waals surface area contributed by atoms with Crippen LogP contribution in [0.4, 0.5) is 5.82 Å². The average Bonchev–Trinajstić information content (AvgIpc) is 3.17. The molecule has 2 aliphatic heterocycles. The number of rotatable bonds is 3. The van der Waals surface area contributed by atoms with Crippen molar-refractivity contribution in [2.75, 3.05) is 25.5 Å². The van der Waals surface area contributed by atoms with Gasteiger partial charge in [0.1, 0.15) is 10.7 Å². The fourth-order valence-corrected chi connectivity index (χ4v) is 4.91. The van der Waals surface area contributed by atoms with Crippen LogP contribution in [0.25, 0.3) is 0 Å². The standard InChI is InChI=1S/C20H26N6O2S/c1-12-17(29-11-22-12)20(28)26-8-5-4-6-16(26)19-23-15-10-25(13(2)27)9-7-14(15)18(21-3)24-19/h11,16H,4-10H2,1-3H3,(H,21,23,24)/t16-/m1/s1. The largest absolute Gasteiger partial charge is 0.373 e. The molecule has 0 unspecified atom stereocenters. The Hall–Kier alpha value is -2.55. The molecule has 9 heteroatoms. The maximum atomic E-state index is 13.2. The Morgan fingerprint density at radius 3 is 2.76 bits per heavy atom. The summed E-state index contributed by atoms with van der Waals surface area (Å²) in [4.78, 5) is 43.4. The van der Waals surface area contributed by atoms with E-state index in [9.17, 15) is 9.59 Å². The van der Waals surface area contributed by atoms with Crippen molar-refractivity contribution in [1.82, 2.24) is 24.8 Å². The minimum atomic E-state index is -0.164. The topological polar surface area (TPSA) is 91.3 Å². The zero-order chi connectivity index (χ0) is 20.5. The van der Waals surface area contributed by atoms with Gasteiger partial charge in [-0.1, -0.05) is 0 Å². The quantitative estimate of drug-likeness (QED) is 0.830. The fourth-order valence-electron chi connectivity index (χ4n) is 4.15. The Morgan fingerprint density at radius 1 is 1.24 bits per heavy atom. The monoisotopic (exact) mass is 414 g/mol. The van der Waals surface area contributed by atoms with Crippen LogP contribution in [0.15, 0.2) is 5.51 Å². The first-order chi connectivity index (χ1) is 14.0. The van der Waals surface area contributed by atoms with Crippen molar-refractivity contribution < 1.29 is 9.59 Å². The Morgan fingerprint density at radius 2 is 2.07 bits per heavy atom. The summed E-state index contributed by atoms with van der Waals surface area (Å²) in [6.07, 6.45) is 3.58. The number of hydrogen-bond donors (Lipinski definition) is 1. The first-order valence-corrected chi connectivity index (χ1v) is 10.9. The van der Waals surface area contributed by atoms with Gasteiger partial charge in [0.15, 0.2) is 5.82 Å². The molecule has 154 valence electrons. The van der Waals surface area contributed by atoms with Gasteiger partial charge in [-0.05, 0) is 32.6 Å². The molecule has 4 rings (SSSR count). The van der Waals surface area contributed by atoms with Crippen LogP contribution in [-0.4, -0.2) is 56.7 Å². The molecule has 2 aromatic heterocycles. The number of anilines is 1. The van der Waals surface area contributed by atoms with Crippen molar-refractivity contribution in [2.24, 2.45) is 0 Å². The summed E-state index contributed by atoms with van der Waals surface area (Å²) in [5.74, 6) is 1.53. The van der Waals surface area contributed by atoms with Gasteiger partial charge >= 0.3 is 0 Å². The number of likely N-dealkylation sites (tertiary alicyclic amines) is 1. The average molecular weight is 415 g/mol. The van der Waals surface area contributed by atoms with Crippen molar-refractivity contribution in [3.8, 4) is 0 Å². The number of fused-ring (bicyclic) bond motifs is 1. The molecule has 8 nitrogen and oxygen atoms in total. The van der Waals surface area contributed by atoms with Crippen LogP contribution in [-0.2, 0) is 17.8 Å². The summed E-state index contributed by atoms with van der Waals surface area (Å²) in [6, 6.07) is -0.164. The van der Waals surface area contributed by atoms with E-state index >= 15 is 0 Å². The second-order valence-corrected chi connectivity index (χ2v) is 8.43. The highest BCUT2D eigenvalue weighted by Gasteiger charge is 2.34. The lowest BCUT2D eigenvalue weighted by Crippen LogP contribution is -2.40. The van der Waals surface area contributed by atoms with Crippen molar-refractivity contribution in [3.63, 3.8) is 0 Å². The minimum absolute atomic E-state index is 0.00684. The molecule has 0 saturated carbocycles. The second kappa shape index (κ2) is 8.06. The highest BCUT2D eigenvalue weighted by atomic mass is 32.1. The molecule has 0 bridgehead atoms. The SMILES string of the molecule is CNc1nc([C@H]2CCCCN2C(=O)c2scnc2C)nc2c1CCN(C(C)=O)C2. The van der Waals surface area contributed by atoms with E-state index in [1.54, 1.807) is 12.4 Å². The smallest absolute Gasteiger partial charge is 0.266 e. The predicted octanol–water partition coefficient (Wildman–Crippen LogP) is 2.56. The Bertz CT molecular complexity index is 943. The zero-order valence-electron chi connectivity index (χ0n) is 17.1. The lowest BCUT2D eigenvalue weighted by atomic mass is 9.99. The molecule has 1 fully saturated rings. The Balaban J connectivity index is 1.70. The third-order valence-electron chi connectivity index (χ3n) is 5.77. The summed E-state index contributed by atoms with van der Waals surface area (Å²) >= 11 is 1.38. The third kappa shape index (κ3) is 3.71. The summed E-state index contributed by atoms with van der Waals surface area (Å²) in [5, 5.41) is 3.19. The first kappa shape index (κ1) is 19.8. The van der Waals surface area contributed by atoms with E-state index in [2.05, 4.69) is 10.3 Å². The summed E-state index contributed by atoms with van der Waals surface area (Å²) in [7, 11) is 1.86. The van der Waals surface area contributed by atoms with Gasteiger partial charge in [-0.2, -0.15) is 0 Å². The Kier molecular flexibility index (Phi) is 5.49. The maximum Gasteiger partial charge on any atom is 0.266 e. The lowest BCUT2D eigenvalue weighted by Gasteiger charge is -2.36. The van der Waals surface area contributed by atoms with Gasteiger partial charge in [0.25, 0.3) is 5.91 Å². The molecule has 0 aromatic carbocycles. The van der Waals surface area contributed by atoms with Crippen LogP contribution in [0.1, 0.15) is 64.7 Å². The number of carbonyl (C=O) groups excluding carboxylic acids is 2. The van der Waals surface area contributed by atoms with Crippen LogP contribution in [0.2, 0.25) is 0 Å². The molecule has 1 N–H and O–H groups in total. The van der Waals surface area contributed by atoms with Gasteiger partial charge in [0, 0.05) is 32.6 Å². The summed E-state index contributed by atoms with van der Waals surface area (Å²) < 4.78 is 0. The zero-order valence-corrected chi connectivity index (χ0v) is 17.9. The van der Waals surface area contributed by atoms with E-state index in [1.165, 1.54) is 11.3 Å². The normalized spacial score (nSPS) is 19.1. The van der Waals surface area contributed by atoms with Crippen molar-refractivity contribution >= 4 is 29.0 Å². The number of aromatic nitrogens is 3. The lowest BCUT2D eigenvalue weighted by molar-refractivity contribution is -0.129. The van der Waals surface area contributed by atoms with Gasteiger partial charge in [0.2, 0.25) is 5.91 Å². The van der Waals surface area contributed by atoms with E-state index in [0.717, 1.165) is 48.5 Å². The highest BCUT2D eigenvalue weighted by Crippen LogP contribution is 2.34. The molecule has 1 saturated heterocycles. The van der Waals surface area contributed by atoms with E-state index in [-0.39, 0.29) is 17.9 Å². The van der Waals surface area contributed by atoms with Gasteiger partial charge in [-0.15, -0.1) is 11.3 Å². The molecule has 0 spiro atoms. The number of aryl methyl sites for hydroxylation is 1. The minimum Gasteiger partial charge on any atom is -0.373 e. The molecule has 2 aromatic rings. The van der Waals surface area contributed by atoms with Crippen LogP contribution >= 0.6 is 11.3 Å². The van der Waals surface area contributed by atoms with Crippen molar-refractivity contribution in [3.05, 3.63) is 33.2 Å². The van der Waals surface area contributed by atoms with Crippen LogP contribution in [0.5, 0.6) is 0 Å².